The third-order valence-electron chi connectivity index (χ3n) is 2.19. The molecule has 96 valence electrons. The van der Waals surface area contributed by atoms with Crippen LogP contribution in [0, 0.1) is 6.92 Å². The first-order chi connectivity index (χ1) is 7.50. The van der Waals surface area contributed by atoms with E-state index in [1.165, 1.54) is 6.92 Å². The van der Waals surface area contributed by atoms with E-state index in [1.54, 1.807) is 0 Å². The van der Waals surface area contributed by atoms with Gasteiger partial charge in [-0.25, -0.2) is 0 Å². The van der Waals surface area contributed by atoms with E-state index in [9.17, 15) is 25.3 Å². The second kappa shape index (κ2) is 6.23. The number of benzene rings is 1. The zero-order valence-corrected chi connectivity index (χ0v) is 13.7. The number of hydrogen-bond acceptors (Lipinski definition) is 3. The summed E-state index contributed by atoms with van der Waals surface area (Å²) in [6, 6.07) is 1.66. The van der Waals surface area contributed by atoms with Crippen molar-refractivity contribution >= 4 is 22.9 Å². The summed E-state index contributed by atoms with van der Waals surface area (Å²) in [4.78, 5) is -0.812. The van der Waals surface area contributed by atoms with E-state index in [1.807, 2.05) is 0 Å². The predicted molar refractivity (Wildman–Crippen MR) is 56.7 cm³/mol. The monoisotopic (exact) mass is 309 g/mol. The van der Waals surface area contributed by atoms with Gasteiger partial charge in [0, 0.05) is 5.69 Å². The minimum absolute atomic E-state index is 0. The van der Waals surface area contributed by atoms with Crippen molar-refractivity contribution in [3.05, 3.63) is 23.3 Å². The van der Waals surface area contributed by atoms with Crippen molar-refractivity contribution in [3.8, 4) is 0 Å². The van der Waals surface area contributed by atoms with Crippen LogP contribution in [0.15, 0.2) is 17.0 Å². The van der Waals surface area contributed by atoms with E-state index >= 15 is 0 Å². The van der Waals surface area contributed by atoms with Gasteiger partial charge in [0.15, 0.2) is 0 Å². The summed E-state index contributed by atoms with van der Waals surface area (Å²) in [7, 11) is -5.07. The summed E-state index contributed by atoms with van der Waals surface area (Å²) in [5, 5.41) is 0. The Kier molecular flexibility index (Phi) is 6.36. The van der Waals surface area contributed by atoms with Gasteiger partial charge in [0.2, 0.25) is 0 Å². The minimum atomic E-state index is -5.14. The molecule has 0 saturated heterocycles. The van der Waals surface area contributed by atoms with Crippen LogP contribution in [0.2, 0.25) is 0 Å². The molecule has 1 aromatic carbocycles. The Bertz CT molecular complexity index is 547. The molecule has 0 aliphatic carbocycles. The maximum atomic E-state index is 12.8. The second-order valence-corrected chi connectivity index (χ2v) is 4.98. The fourth-order valence-electron chi connectivity index (χ4n) is 1.41. The van der Waals surface area contributed by atoms with Gasteiger partial charge in [-0.1, -0.05) is 11.9 Å². The Labute approximate surface area is 145 Å². The molecule has 0 atom stereocenters. The zero-order valence-electron chi connectivity index (χ0n) is 9.75. The molecule has 1 rings (SSSR count). The van der Waals surface area contributed by atoms with Crippen LogP contribution in [-0.2, 0) is 16.5 Å². The van der Waals surface area contributed by atoms with Crippen molar-refractivity contribution < 1.29 is 76.6 Å². The standard InChI is InChI=1S/C8H9BF4NO2S.K/c1-5-7(14)2-6(4-9(10,11)12)3-8(5)17(13,15)16;/h2-3H,4,14H2,1H3;/q-1;+1. The molecule has 0 radical (unpaired) electrons. The molecule has 0 amide bonds. The van der Waals surface area contributed by atoms with E-state index < -0.39 is 28.4 Å². The summed E-state index contributed by atoms with van der Waals surface area (Å²) >= 11 is 0. The fraction of sp³-hybridized carbons (Fsp3) is 0.250. The molecule has 2 N–H and O–H groups in total. The van der Waals surface area contributed by atoms with Gasteiger partial charge in [0.25, 0.3) is 0 Å². The molecule has 0 saturated carbocycles. The van der Waals surface area contributed by atoms with Gasteiger partial charge < -0.3 is 18.7 Å². The zero-order chi connectivity index (χ0) is 13.4. The fourth-order valence-corrected chi connectivity index (χ4v) is 2.18. The molecule has 0 spiro atoms. The number of anilines is 1. The molecule has 0 heterocycles. The molecule has 0 aromatic heterocycles. The second-order valence-electron chi connectivity index (χ2n) is 3.66. The van der Waals surface area contributed by atoms with E-state index in [2.05, 4.69) is 0 Å². The average molecular weight is 309 g/mol. The van der Waals surface area contributed by atoms with Crippen molar-refractivity contribution in [2.75, 3.05) is 5.73 Å². The maximum absolute atomic E-state index is 12.8. The number of halogens is 4. The van der Waals surface area contributed by atoms with Crippen molar-refractivity contribution in [1.82, 2.24) is 0 Å². The average Bonchev–Trinajstić information content (AvgIpc) is 2.06. The molecule has 1 aromatic rings. The van der Waals surface area contributed by atoms with Crippen LogP contribution >= 0.6 is 0 Å². The van der Waals surface area contributed by atoms with Crippen LogP contribution < -0.4 is 57.1 Å². The SMILES string of the molecule is Cc1c(N)cc(C[B-](F)(F)F)cc1S(=O)(=O)F.[K+]. The number of nitrogens with two attached hydrogens (primary N) is 1. The van der Waals surface area contributed by atoms with Crippen LogP contribution in [0.3, 0.4) is 0 Å². The maximum Gasteiger partial charge on any atom is 1.00 e. The number of rotatable bonds is 3. The first kappa shape index (κ1) is 18.4. The van der Waals surface area contributed by atoms with Gasteiger partial charge in [-0.15, -0.1) is 3.89 Å². The molecule has 0 bridgehead atoms. The van der Waals surface area contributed by atoms with Gasteiger partial charge in [-0.2, -0.15) is 8.42 Å². The van der Waals surface area contributed by atoms with Crippen LogP contribution in [-0.4, -0.2) is 15.4 Å². The van der Waals surface area contributed by atoms with Crippen LogP contribution in [0.25, 0.3) is 0 Å². The van der Waals surface area contributed by atoms with Crippen molar-refractivity contribution in [2.24, 2.45) is 0 Å². The third-order valence-corrected chi connectivity index (χ3v) is 3.14. The molecule has 0 aliphatic heterocycles. The Morgan fingerprint density at radius 3 is 2.17 bits per heavy atom. The van der Waals surface area contributed by atoms with Gasteiger partial charge >= 0.3 is 68.6 Å². The van der Waals surface area contributed by atoms with Gasteiger partial charge in [-0.3, -0.25) is 0 Å². The van der Waals surface area contributed by atoms with E-state index in [0.717, 1.165) is 6.07 Å². The van der Waals surface area contributed by atoms with Crippen LogP contribution in [0.1, 0.15) is 11.1 Å². The molecule has 3 nitrogen and oxygen atoms in total. The normalized spacial score (nSPS) is 12.1. The Hall–Kier alpha value is 0.391. The smallest absolute Gasteiger partial charge is 0.449 e. The predicted octanol–water partition coefficient (Wildman–Crippen LogP) is -0.831. The van der Waals surface area contributed by atoms with Crippen LogP contribution in [0.4, 0.5) is 22.5 Å². The minimum Gasteiger partial charge on any atom is -0.449 e. The Morgan fingerprint density at radius 2 is 1.78 bits per heavy atom. The van der Waals surface area contributed by atoms with E-state index in [-0.39, 0.29) is 68.2 Å². The van der Waals surface area contributed by atoms with Crippen molar-refractivity contribution in [3.63, 3.8) is 0 Å². The van der Waals surface area contributed by atoms with E-state index in [0.29, 0.717) is 6.07 Å². The van der Waals surface area contributed by atoms with Crippen molar-refractivity contribution in [2.45, 2.75) is 18.1 Å². The molecular formula is C8H9BF4KNO2S. The quantitative estimate of drug-likeness (QED) is 0.343. The van der Waals surface area contributed by atoms with Gasteiger partial charge in [0.1, 0.15) is 4.90 Å². The Morgan fingerprint density at radius 1 is 1.28 bits per heavy atom. The topological polar surface area (TPSA) is 60.2 Å². The summed E-state index contributed by atoms with van der Waals surface area (Å²) in [6.45, 7) is -3.91. The Balaban J connectivity index is 0.00000289. The largest absolute Gasteiger partial charge is 1.00 e. The van der Waals surface area contributed by atoms with Crippen molar-refractivity contribution in [1.29, 1.82) is 0 Å². The molecule has 0 fully saturated rings. The van der Waals surface area contributed by atoms with Gasteiger partial charge in [0.05, 0.1) is 0 Å². The number of hydrogen-bond donors (Lipinski definition) is 1. The van der Waals surface area contributed by atoms with Crippen LogP contribution in [0.5, 0.6) is 0 Å². The molecule has 10 heteroatoms. The summed E-state index contributed by atoms with van der Waals surface area (Å²) in [6.07, 6.45) is -1.30. The molecule has 0 unspecified atom stereocenters. The first-order valence-electron chi connectivity index (χ1n) is 4.55. The molecule has 18 heavy (non-hydrogen) atoms. The molecular weight excluding hydrogens is 300 g/mol. The van der Waals surface area contributed by atoms with Gasteiger partial charge in [-0.05, 0) is 24.6 Å². The first-order valence-corrected chi connectivity index (χ1v) is 5.94. The summed E-state index contributed by atoms with van der Waals surface area (Å²) < 4.78 is 70.8. The van der Waals surface area contributed by atoms with E-state index in [4.69, 9.17) is 5.73 Å². The number of nitrogen functional groups attached to an aromatic ring is 1. The summed E-state index contributed by atoms with van der Waals surface area (Å²) in [5.74, 6) is 0. The summed E-state index contributed by atoms with van der Waals surface area (Å²) in [5.41, 5.74) is 4.71. The third kappa shape index (κ3) is 5.18. The molecule has 0 aliphatic rings.